The summed E-state index contributed by atoms with van der Waals surface area (Å²) < 4.78 is 54.1. The Hall–Kier alpha value is -0.690. The van der Waals surface area contributed by atoms with Crippen LogP contribution in [0.1, 0.15) is 6.92 Å². The molecule has 0 spiro atoms. The average molecular weight is 315 g/mol. The summed E-state index contributed by atoms with van der Waals surface area (Å²) in [6.45, 7) is 1.75. The van der Waals surface area contributed by atoms with E-state index in [0.717, 1.165) is 12.3 Å². The molecule has 1 aromatic carbocycles. The Morgan fingerprint density at radius 2 is 1.94 bits per heavy atom. The van der Waals surface area contributed by atoms with Crippen molar-refractivity contribution in [1.82, 2.24) is 0 Å². The van der Waals surface area contributed by atoms with Crippen molar-refractivity contribution in [3.8, 4) is 5.75 Å². The zero-order chi connectivity index (χ0) is 12.5. The summed E-state index contributed by atoms with van der Waals surface area (Å²) >= 11 is 2.93. The maximum atomic E-state index is 13.4. The van der Waals surface area contributed by atoms with Crippen LogP contribution in [0.4, 0.5) is 8.78 Å². The Kier molecular flexibility index (Phi) is 3.90. The van der Waals surface area contributed by atoms with Crippen LogP contribution in [0.15, 0.2) is 15.4 Å². The van der Waals surface area contributed by atoms with Gasteiger partial charge in [-0.3, -0.25) is 0 Å². The third kappa shape index (κ3) is 2.52. The molecule has 0 radical (unpaired) electrons. The first-order chi connectivity index (χ1) is 7.29. The second-order valence-corrected chi connectivity index (χ2v) is 5.86. The van der Waals surface area contributed by atoms with Crippen LogP contribution in [0, 0.1) is 11.6 Å². The molecule has 90 valence electrons. The van der Waals surface area contributed by atoms with Crippen molar-refractivity contribution in [3.63, 3.8) is 0 Å². The number of hydrogen-bond acceptors (Lipinski definition) is 3. The predicted molar refractivity (Wildman–Crippen MR) is 58.3 cm³/mol. The van der Waals surface area contributed by atoms with Gasteiger partial charge in [0.15, 0.2) is 21.4 Å². The number of sulfone groups is 1. The molecule has 0 saturated carbocycles. The van der Waals surface area contributed by atoms with E-state index in [1.807, 2.05) is 0 Å². The van der Waals surface area contributed by atoms with Crippen molar-refractivity contribution in [3.05, 3.63) is 22.2 Å². The van der Waals surface area contributed by atoms with Crippen molar-refractivity contribution in [2.24, 2.45) is 0 Å². The lowest BCUT2D eigenvalue weighted by molar-refractivity contribution is 0.309. The highest BCUT2D eigenvalue weighted by molar-refractivity contribution is 9.10. The number of benzene rings is 1. The van der Waals surface area contributed by atoms with Crippen LogP contribution in [0.2, 0.25) is 0 Å². The average Bonchev–Trinajstić information content (AvgIpc) is 2.16. The van der Waals surface area contributed by atoms with Crippen molar-refractivity contribution < 1.29 is 21.9 Å². The van der Waals surface area contributed by atoms with E-state index in [0.29, 0.717) is 0 Å². The van der Waals surface area contributed by atoms with Gasteiger partial charge in [0, 0.05) is 6.26 Å². The molecule has 0 aliphatic heterocycles. The van der Waals surface area contributed by atoms with Crippen LogP contribution in [-0.4, -0.2) is 21.3 Å². The molecule has 0 saturated heterocycles. The lowest BCUT2D eigenvalue weighted by Gasteiger charge is -2.10. The summed E-state index contributed by atoms with van der Waals surface area (Å²) in [4.78, 5) is -0.694. The van der Waals surface area contributed by atoms with Gasteiger partial charge in [-0.25, -0.2) is 12.8 Å². The van der Waals surface area contributed by atoms with Crippen molar-refractivity contribution in [1.29, 1.82) is 0 Å². The molecule has 0 atom stereocenters. The molecule has 0 N–H and O–H groups in total. The molecule has 3 nitrogen and oxygen atoms in total. The Balaban J connectivity index is 3.51. The number of hydrogen-bond donors (Lipinski definition) is 0. The molecule has 1 aromatic rings. The van der Waals surface area contributed by atoms with Gasteiger partial charge in [-0.1, -0.05) is 0 Å². The molecule has 0 heterocycles. The summed E-state index contributed by atoms with van der Waals surface area (Å²) in [7, 11) is -3.81. The fourth-order valence-electron chi connectivity index (χ4n) is 1.10. The van der Waals surface area contributed by atoms with Crippen molar-refractivity contribution >= 4 is 25.8 Å². The van der Waals surface area contributed by atoms with Crippen LogP contribution in [-0.2, 0) is 9.84 Å². The van der Waals surface area contributed by atoms with E-state index in [1.165, 1.54) is 0 Å². The van der Waals surface area contributed by atoms with Gasteiger partial charge in [-0.05, 0) is 28.9 Å². The van der Waals surface area contributed by atoms with Crippen LogP contribution < -0.4 is 4.74 Å². The van der Waals surface area contributed by atoms with Gasteiger partial charge < -0.3 is 4.74 Å². The molecule has 0 aromatic heterocycles. The van der Waals surface area contributed by atoms with Crippen LogP contribution in [0.3, 0.4) is 0 Å². The fraction of sp³-hybridized carbons (Fsp3) is 0.333. The minimum Gasteiger partial charge on any atom is -0.489 e. The molecule has 0 unspecified atom stereocenters. The normalized spacial score (nSPS) is 11.6. The third-order valence-corrected chi connectivity index (χ3v) is 3.46. The lowest BCUT2D eigenvalue weighted by atomic mass is 10.3. The summed E-state index contributed by atoms with van der Waals surface area (Å²) in [5, 5.41) is 0. The molecule has 0 amide bonds. The maximum absolute atomic E-state index is 13.4. The Bertz CT molecular complexity index is 514. The summed E-state index contributed by atoms with van der Waals surface area (Å²) in [6.07, 6.45) is 0.803. The van der Waals surface area contributed by atoms with Crippen LogP contribution in [0.5, 0.6) is 5.75 Å². The molecular formula is C9H9BrF2O3S. The van der Waals surface area contributed by atoms with Gasteiger partial charge in [-0.15, -0.1) is 0 Å². The predicted octanol–water partition coefficient (Wildman–Crippen LogP) is 2.53. The molecule has 16 heavy (non-hydrogen) atoms. The van der Waals surface area contributed by atoms with E-state index >= 15 is 0 Å². The highest BCUT2D eigenvalue weighted by Crippen LogP contribution is 2.33. The topological polar surface area (TPSA) is 43.4 Å². The number of rotatable bonds is 3. The van der Waals surface area contributed by atoms with E-state index in [1.54, 1.807) is 6.92 Å². The highest BCUT2D eigenvalue weighted by Gasteiger charge is 2.23. The van der Waals surface area contributed by atoms with Crippen LogP contribution >= 0.6 is 15.9 Å². The molecule has 1 rings (SSSR count). The molecule has 0 aliphatic rings. The van der Waals surface area contributed by atoms with Gasteiger partial charge in [0.05, 0.1) is 11.1 Å². The SMILES string of the molecule is CCOc1c(Br)cc(S(C)(=O)=O)c(F)c1F. The second kappa shape index (κ2) is 4.67. The lowest BCUT2D eigenvalue weighted by Crippen LogP contribution is -2.06. The minimum absolute atomic E-state index is 0.0636. The van der Waals surface area contributed by atoms with Crippen molar-refractivity contribution in [2.75, 3.05) is 12.9 Å². The van der Waals surface area contributed by atoms with E-state index in [-0.39, 0.29) is 16.8 Å². The largest absolute Gasteiger partial charge is 0.489 e. The molecule has 0 aliphatic carbocycles. The van der Waals surface area contributed by atoms with E-state index < -0.39 is 26.4 Å². The van der Waals surface area contributed by atoms with Crippen LogP contribution in [0.25, 0.3) is 0 Å². The Labute approximate surface area is 100 Å². The van der Waals surface area contributed by atoms with Crippen molar-refractivity contribution in [2.45, 2.75) is 11.8 Å². The summed E-state index contributed by atoms with van der Waals surface area (Å²) in [6, 6.07) is 0.985. The second-order valence-electron chi connectivity index (χ2n) is 3.02. The minimum atomic E-state index is -3.81. The molecule has 0 fully saturated rings. The zero-order valence-corrected chi connectivity index (χ0v) is 11.0. The van der Waals surface area contributed by atoms with E-state index in [4.69, 9.17) is 4.74 Å². The Morgan fingerprint density at radius 3 is 2.38 bits per heavy atom. The van der Waals surface area contributed by atoms with E-state index in [9.17, 15) is 17.2 Å². The standard InChI is InChI=1S/C9H9BrF2O3S/c1-3-15-9-5(10)4-6(16(2,13)14)7(11)8(9)12/h4H,3H2,1-2H3. The zero-order valence-electron chi connectivity index (χ0n) is 8.55. The monoisotopic (exact) mass is 314 g/mol. The molecular weight excluding hydrogens is 306 g/mol. The van der Waals surface area contributed by atoms with Gasteiger partial charge >= 0.3 is 0 Å². The first-order valence-corrected chi connectivity index (χ1v) is 6.97. The molecule has 7 heteroatoms. The smallest absolute Gasteiger partial charge is 0.203 e. The summed E-state index contributed by atoms with van der Waals surface area (Å²) in [5.74, 6) is -3.06. The fourth-order valence-corrected chi connectivity index (χ4v) is 2.52. The van der Waals surface area contributed by atoms with Gasteiger partial charge in [0.25, 0.3) is 0 Å². The first kappa shape index (κ1) is 13.4. The number of ether oxygens (including phenoxy) is 1. The summed E-state index contributed by atoms with van der Waals surface area (Å²) in [5.41, 5.74) is 0. The maximum Gasteiger partial charge on any atom is 0.203 e. The van der Waals surface area contributed by atoms with Gasteiger partial charge in [0.1, 0.15) is 4.90 Å². The van der Waals surface area contributed by atoms with Gasteiger partial charge in [-0.2, -0.15) is 4.39 Å². The number of halogens is 3. The quantitative estimate of drug-likeness (QED) is 0.805. The molecule has 0 bridgehead atoms. The highest BCUT2D eigenvalue weighted by atomic mass is 79.9. The first-order valence-electron chi connectivity index (χ1n) is 4.29. The van der Waals surface area contributed by atoms with Gasteiger partial charge in [0.2, 0.25) is 5.82 Å². The third-order valence-electron chi connectivity index (χ3n) is 1.77. The Morgan fingerprint density at radius 1 is 1.38 bits per heavy atom. The van der Waals surface area contributed by atoms with E-state index in [2.05, 4.69) is 15.9 Å².